The number of halogens is 2. The van der Waals surface area contributed by atoms with Crippen LogP contribution in [0.4, 0.5) is 0 Å². The van der Waals surface area contributed by atoms with Crippen molar-refractivity contribution in [2.45, 2.75) is 44.1 Å². The van der Waals surface area contributed by atoms with Crippen LogP contribution >= 0.6 is 23.2 Å². The summed E-state index contributed by atoms with van der Waals surface area (Å²) in [7, 11) is 4.66. The zero-order valence-corrected chi connectivity index (χ0v) is 30.3. The molecule has 2 bridgehead atoms. The third-order valence-corrected chi connectivity index (χ3v) is 10.2. The summed E-state index contributed by atoms with van der Waals surface area (Å²) < 4.78 is 28.9. The number of carbonyl (C=O) groups excluding carboxylic acids is 2. The van der Waals surface area contributed by atoms with Crippen LogP contribution in [0, 0.1) is 5.92 Å². The van der Waals surface area contributed by atoms with Crippen LogP contribution in [-0.2, 0) is 27.2 Å². The van der Waals surface area contributed by atoms with Crippen molar-refractivity contribution in [3.63, 3.8) is 0 Å². The van der Waals surface area contributed by atoms with Crippen LogP contribution in [0.3, 0.4) is 0 Å². The van der Waals surface area contributed by atoms with Crippen LogP contribution in [0.15, 0.2) is 79.1 Å². The number of fused-ring (bicyclic) bond motifs is 3. The van der Waals surface area contributed by atoms with Gasteiger partial charge in [-0.3, -0.25) is 15.2 Å². The average molecular weight is 735 g/mol. The largest absolute Gasteiger partial charge is 0.496 e. The van der Waals surface area contributed by atoms with Gasteiger partial charge in [0.25, 0.3) is 0 Å². The molecular weight excluding hydrogens is 693 g/mol. The lowest BCUT2D eigenvalue weighted by Gasteiger charge is -2.44. The van der Waals surface area contributed by atoms with E-state index in [4.69, 9.17) is 46.9 Å². The molecule has 3 atom stereocenters. The minimum absolute atomic E-state index is 0.146. The molecule has 7 rings (SSSR count). The number of para-hydroxylation sites is 1. The van der Waals surface area contributed by atoms with Gasteiger partial charge in [-0.1, -0.05) is 59.6 Å². The number of benzene rings is 3. The molecule has 268 valence electrons. The fourth-order valence-electron chi connectivity index (χ4n) is 6.81. The van der Waals surface area contributed by atoms with Crippen molar-refractivity contribution in [2.75, 3.05) is 41.0 Å². The summed E-state index contributed by atoms with van der Waals surface area (Å²) >= 11 is 13.0. The topological polar surface area (TPSA) is 108 Å². The second kappa shape index (κ2) is 16.8. The summed E-state index contributed by atoms with van der Waals surface area (Å²) in [6.45, 7) is 3.11. The van der Waals surface area contributed by atoms with E-state index in [-0.39, 0.29) is 25.0 Å². The summed E-state index contributed by atoms with van der Waals surface area (Å²) in [4.78, 5) is 34.0. The standard InChI is InChI=1S/C39H41Cl2N3O7/c1-47-32-10-5-4-9-28(32)37(39(46)51-36-23-44-15-13-25(36)14-16-44)43-20-24-7-6-8-27(17-24)38(45)50-34(19-29-30(40)21-42-22-31(29)41)26-11-12-33(48-2)35(18-26)49-3/h4-12,17-18,21-22,25,34,36-37,43H,13-16,19-20,23H2,1-3H3/t34-,36-,37?/m0/s1. The molecule has 1 unspecified atom stereocenters. The number of methoxy groups -OCH3 is 3. The first kappa shape index (κ1) is 36.4. The molecule has 10 nitrogen and oxygen atoms in total. The van der Waals surface area contributed by atoms with Crippen LogP contribution in [0.5, 0.6) is 17.2 Å². The van der Waals surface area contributed by atoms with Gasteiger partial charge in [0.05, 0.1) is 36.9 Å². The first-order valence-electron chi connectivity index (χ1n) is 16.9. The van der Waals surface area contributed by atoms with Crippen molar-refractivity contribution in [2.24, 2.45) is 5.92 Å². The van der Waals surface area contributed by atoms with Crippen molar-refractivity contribution in [3.05, 3.63) is 117 Å². The van der Waals surface area contributed by atoms with E-state index < -0.39 is 18.1 Å². The van der Waals surface area contributed by atoms with Gasteiger partial charge in [0, 0.05) is 37.5 Å². The van der Waals surface area contributed by atoms with E-state index >= 15 is 0 Å². The van der Waals surface area contributed by atoms with Crippen molar-refractivity contribution in [3.8, 4) is 17.2 Å². The maximum absolute atomic E-state index is 13.8. The highest BCUT2D eigenvalue weighted by molar-refractivity contribution is 6.35. The average Bonchev–Trinajstić information content (AvgIpc) is 3.16. The van der Waals surface area contributed by atoms with Gasteiger partial charge in [0.1, 0.15) is 24.0 Å². The minimum Gasteiger partial charge on any atom is -0.496 e. The van der Waals surface area contributed by atoms with Gasteiger partial charge in [0.15, 0.2) is 11.5 Å². The van der Waals surface area contributed by atoms with E-state index in [1.54, 1.807) is 50.6 Å². The Hall–Kier alpha value is -4.35. The molecule has 3 fully saturated rings. The Balaban J connectivity index is 1.22. The smallest absolute Gasteiger partial charge is 0.338 e. The predicted octanol–water partition coefficient (Wildman–Crippen LogP) is 7.02. The second-order valence-corrected chi connectivity index (χ2v) is 13.5. The summed E-state index contributed by atoms with van der Waals surface area (Å²) in [6, 6.07) is 19.0. The third-order valence-electron chi connectivity index (χ3n) is 9.59. The molecule has 1 N–H and O–H groups in total. The van der Waals surface area contributed by atoms with E-state index in [1.165, 1.54) is 19.5 Å². The predicted molar refractivity (Wildman–Crippen MR) is 194 cm³/mol. The number of carbonyl (C=O) groups is 2. The van der Waals surface area contributed by atoms with Crippen LogP contribution < -0.4 is 19.5 Å². The summed E-state index contributed by atoms with van der Waals surface area (Å²) in [5.74, 6) is 1.04. The normalized spacial score (nSPS) is 19.1. The molecule has 4 aromatic rings. The minimum atomic E-state index is -0.795. The van der Waals surface area contributed by atoms with Gasteiger partial charge in [-0.15, -0.1) is 0 Å². The number of piperidine rings is 3. The van der Waals surface area contributed by atoms with E-state index in [0.29, 0.717) is 55.5 Å². The molecule has 0 spiro atoms. The van der Waals surface area contributed by atoms with Gasteiger partial charge in [-0.2, -0.15) is 0 Å². The van der Waals surface area contributed by atoms with E-state index in [9.17, 15) is 9.59 Å². The van der Waals surface area contributed by atoms with Crippen molar-refractivity contribution in [1.82, 2.24) is 15.2 Å². The van der Waals surface area contributed by atoms with Gasteiger partial charge >= 0.3 is 11.9 Å². The lowest BCUT2D eigenvalue weighted by molar-refractivity contribution is -0.161. The van der Waals surface area contributed by atoms with Crippen LogP contribution in [0.1, 0.15) is 57.6 Å². The zero-order valence-electron chi connectivity index (χ0n) is 28.8. The van der Waals surface area contributed by atoms with E-state index in [0.717, 1.165) is 38.0 Å². The highest BCUT2D eigenvalue weighted by atomic mass is 35.5. The van der Waals surface area contributed by atoms with Crippen molar-refractivity contribution < 1.29 is 33.3 Å². The van der Waals surface area contributed by atoms with Gasteiger partial charge in [-0.25, -0.2) is 9.59 Å². The van der Waals surface area contributed by atoms with Crippen LogP contribution in [-0.4, -0.2) is 68.9 Å². The molecule has 3 aromatic carbocycles. The number of pyridine rings is 1. The van der Waals surface area contributed by atoms with Crippen LogP contribution in [0.2, 0.25) is 10.0 Å². The number of nitrogens with zero attached hydrogens (tertiary/aromatic N) is 2. The number of aromatic nitrogens is 1. The molecule has 0 amide bonds. The number of ether oxygens (including phenoxy) is 5. The maximum Gasteiger partial charge on any atom is 0.338 e. The Kier molecular flexibility index (Phi) is 12.0. The maximum atomic E-state index is 13.8. The molecule has 3 saturated heterocycles. The second-order valence-electron chi connectivity index (χ2n) is 12.7. The van der Waals surface area contributed by atoms with Gasteiger partial charge < -0.3 is 23.7 Å². The number of rotatable bonds is 14. The summed E-state index contributed by atoms with van der Waals surface area (Å²) in [5, 5.41) is 4.09. The van der Waals surface area contributed by atoms with Gasteiger partial charge in [-0.05, 0) is 78.9 Å². The molecule has 4 heterocycles. The molecule has 0 saturated carbocycles. The third kappa shape index (κ3) is 8.59. The summed E-state index contributed by atoms with van der Waals surface area (Å²) in [5.41, 5.74) is 3.02. The van der Waals surface area contributed by atoms with Crippen LogP contribution in [0.25, 0.3) is 0 Å². The first-order valence-corrected chi connectivity index (χ1v) is 17.6. The molecule has 51 heavy (non-hydrogen) atoms. The SMILES string of the molecule is COc1ccc([C@H](Cc2c(Cl)cncc2Cl)OC(=O)c2cccc(CNC(C(=O)O[C@H]3CN4CCC3CC4)c3ccccc3OC)c2)cc1OC. The highest BCUT2D eigenvalue weighted by Gasteiger charge is 2.38. The fraction of sp³-hybridized carbons (Fsp3) is 0.359. The Morgan fingerprint density at radius 1 is 0.882 bits per heavy atom. The Morgan fingerprint density at radius 2 is 1.61 bits per heavy atom. The number of esters is 2. The fourth-order valence-corrected chi connectivity index (χ4v) is 7.33. The monoisotopic (exact) mass is 733 g/mol. The Bertz CT molecular complexity index is 1830. The molecular formula is C39H41Cl2N3O7. The lowest BCUT2D eigenvalue weighted by Crippen LogP contribution is -2.52. The molecule has 3 aliphatic rings. The highest BCUT2D eigenvalue weighted by Crippen LogP contribution is 2.36. The first-order chi connectivity index (χ1) is 24.8. The van der Waals surface area contributed by atoms with Gasteiger partial charge in [0.2, 0.25) is 0 Å². The number of nitrogens with one attached hydrogen (secondary N) is 1. The Labute approximate surface area is 307 Å². The quantitative estimate of drug-likeness (QED) is 0.136. The molecule has 0 aliphatic carbocycles. The molecule has 3 aliphatic heterocycles. The molecule has 0 radical (unpaired) electrons. The molecule has 1 aromatic heterocycles. The van der Waals surface area contributed by atoms with Crippen molar-refractivity contribution >= 4 is 35.1 Å². The number of hydrogen-bond acceptors (Lipinski definition) is 10. The lowest BCUT2D eigenvalue weighted by atomic mass is 9.86. The Morgan fingerprint density at radius 3 is 2.29 bits per heavy atom. The van der Waals surface area contributed by atoms with Crippen molar-refractivity contribution in [1.29, 1.82) is 0 Å². The number of hydrogen-bond donors (Lipinski definition) is 1. The molecule has 12 heteroatoms. The summed E-state index contributed by atoms with van der Waals surface area (Å²) in [6.07, 6.45) is 4.31. The van der Waals surface area contributed by atoms with E-state index in [2.05, 4.69) is 15.2 Å². The van der Waals surface area contributed by atoms with E-state index in [1.807, 2.05) is 30.3 Å². The zero-order chi connectivity index (χ0) is 35.9.